The van der Waals surface area contributed by atoms with E-state index < -0.39 is 22.0 Å². The molecule has 22 heavy (non-hydrogen) atoms. The van der Waals surface area contributed by atoms with Gasteiger partial charge in [0.15, 0.2) is 5.03 Å². The van der Waals surface area contributed by atoms with Crippen LogP contribution in [0.25, 0.3) is 0 Å². The van der Waals surface area contributed by atoms with Crippen molar-refractivity contribution in [3.63, 3.8) is 0 Å². The molecule has 0 saturated carbocycles. The molecule has 7 heteroatoms. The van der Waals surface area contributed by atoms with Crippen molar-refractivity contribution < 1.29 is 17.9 Å². The number of ether oxygens (including phenoxy) is 1. The second-order valence-electron chi connectivity index (χ2n) is 4.84. The number of carbonyl (C=O) groups excluding carboxylic acids is 1. The molecule has 0 N–H and O–H groups in total. The summed E-state index contributed by atoms with van der Waals surface area (Å²) in [5.41, 5.74) is 1.28. The smallest absolute Gasteiger partial charge is 0.330 e. The molecule has 3 rings (SSSR count). The number of esters is 1. The van der Waals surface area contributed by atoms with E-state index in [1.165, 1.54) is 19.4 Å². The van der Waals surface area contributed by atoms with Gasteiger partial charge in [0.25, 0.3) is 10.0 Å². The number of pyridine rings is 1. The summed E-state index contributed by atoms with van der Waals surface area (Å²) in [6.45, 7) is 0. The summed E-state index contributed by atoms with van der Waals surface area (Å²) in [4.78, 5) is 15.9. The van der Waals surface area contributed by atoms with E-state index >= 15 is 0 Å². The third-order valence-corrected chi connectivity index (χ3v) is 5.30. The highest BCUT2D eigenvalue weighted by atomic mass is 32.2. The molecule has 1 atom stereocenters. The molecule has 0 fully saturated rings. The molecule has 0 radical (unpaired) electrons. The average Bonchev–Trinajstić information content (AvgIpc) is 2.95. The molecular weight excluding hydrogens is 304 g/mol. The zero-order valence-corrected chi connectivity index (χ0v) is 12.7. The van der Waals surface area contributed by atoms with E-state index in [2.05, 4.69) is 4.98 Å². The lowest BCUT2D eigenvalue weighted by molar-refractivity contribution is -0.141. The first-order valence-corrected chi connectivity index (χ1v) is 8.11. The molecule has 114 valence electrons. The molecule has 0 aliphatic carbocycles. The molecule has 6 nitrogen and oxygen atoms in total. The summed E-state index contributed by atoms with van der Waals surface area (Å²) in [5, 5.41) is -0.0967. The zero-order chi connectivity index (χ0) is 15.7. The van der Waals surface area contributed by atoms with Gasteiger partial charge in [-0.15, -0.1) is 0 Å². The Kier molecular flexibility index (Phi) is 3.58. The fraction of sp³-hybridized carbons (Fsp3) is 0.200. The topological polar surface area (TPSA) is 76.6 Å². The maximum atomic E-state index is 12.9. The van der Waals surface area contributed by atoms with Gasteiger partial charge in [0.05, 0.1) is 12.8 Å². The first kappa shape index (κ1) is 14.5. The van der Waals surface area contributed by atoms with Crippen molar-refractivity contribution in [1.29, 1.82) is 0 Å². The number of hydrogen-bond donors (Lipinski definition) is 0. The van der Waals surface area contributed by atoms with E-state index in [9.17, 15) is 13.2 Å². The van der Waals surface area contributed by atoms with Gasteiger partial charge in [0.2, 0.25) is 0 Å². The van der Waals surface area contributed by atoms with E-state index in [-0.39, 0.29) is 11.4 Å². The molecule has 0 saturated heterocycles. The van der Waals surface area contributed by atoms with Gasteiger partial charge in [-0.1, -0.05) is 24.3 Å². The van der Waals surface area contributed by atoms with Crippen LogP contribution in [-0.4, -0.2) is 32.5 Å². The van der Waals surface area contributed by atoms with Crippen LogP contribution in [-0.2, 0) is 26.0 Å². The van der Waals surface area contributed by atoms with Crippen molar-refractivity contribution in [2.45, 2.75) is 17.5 Å². The molecule has 2 heterocycles. The minimum Gasteiger partial charge on any atom is -0.467 e. The number of fused-ring (bicyclic) bond motifs is 1. The quantitative estimate of drug-likeness (QED) is 0.799. The van der Waals surface area contributed by atoms with Gasteiger partial charge in [-0.2, -0.15) is 8.42 Å². The van der Waals surface area contributed by atoms with Gasteiger partial charge in [-0.25, -0.2) is 9.78 Å². The summed E-state index contributed by atoms with van der Waals surface area (Å²) in [5.74, 6) is -0.587. The summed E-state index contributed by atoms with van der Waals surface area (Å²) >= 11 is 0. The number of anilines is 1. The van der Waals surface area contributed by atoms with Crippen molar-refractivity contribution in [1.82, 2.24) is 4.98 Å². The Bertz CT molecular complexity index is 805. The Hall–Kier alpha value is -2.41. The zero-order valence-electron chi connectivity index (χ0n) is 11.8. The standard InChI is InChI=1S/C15H14N2O4S/c1-21-15(18)13-10-11-6-2-3-7-12(11)17(13)22(19,20)14-8-4-5-9-16-14/h2-9,13H,10H2,1H3/t13-/m0/s1. The van der Waals surface area contributed by atoms with Crippen LogP contribution in [0.5, 0.6) is 0 Å². The second-order valence-corrected chi connectivity index (χ2v) is 6.60. The average molecular weight is 318 g/mol. The van der Waals surface area contributed by atoms with Gasteiger partial charge in [-0.3, -0.25) is 4.31 Å². The lowest BCUT2D eigenvalue weighted by atomic mass is 10.1. The number of carbonyl (C=O) groups is 1. The van der Waals surface area contributed by atoms with E-state index in [4.69, 9.17) is 4.74 Å². The number of hydrogen-bond acceptors (Lipinski definition) is 5. The van der Waals surface area contributed by atoms with Gasteiger partial charge in [-0.05, 0) is 23.8 Å². The van der Waals surface area contributed by atoms with Crippen LogP contribution in [0, 0.1) is 0 Å². The summed E-state index contributed by atoms with van der Waals surface area (Å²) < 4.78 is 31.6. The highest BCUT2D eigenvalue weighted by Crippen LogP contribution is 2.36. The number of nitrogens with zero attached hydrogens (tertiary/aromatic N) is 2. The van der Waals surface area contributed by atoms with Crippen LogP contribution in [0.4, 0.5) is 5.69 Å². The van der Waals surface area contributed by atoms with E-state index in [0.717, 1.165) is 9.87 Å². The fourth-order valence-electron chi connectivity index (χ4n) is 2.57. The summed E-state index contributed by atoms with van der Waals surface area (Å²) in [6.07, 6.45) is 1.69. The largest absolute Gasteiger partial charge is 0.467 e. The Morgan fingerprint density at radius 2 is 1.95 bits per heavy atom. The lowest BCUT2D eigenvalue weighted by Crippen LogP contribution is -2.43. The highest BCUT2D eigenvalue weighted by Gasteiger charge is 2.43. The monoisotopic (exact) mass is 318 g/mol. The van der Waals surface area contributed by atoms with Crippen LogP contribution in [0.15, 0.2) is 53.7 Å². The predicted octanol–water partition coefficient (Wildman–Crippen LogP) is 1.37. The normalized spacial score (nSPS) is 17.1. The van der Waals surface area contributed by atoms with Crippen molar-refractivity contribution in [3.05, 3.63) is 54.2 Å². The minimum atomic E-state index is -3.93. The third kappa shape index (κ3) is 2.23. The molecular formula is C15H14N2O4S. The Balaban J connectivity index is 2.15. The highest BCUT2D eigenvalue weighted by molar-refractivity contribution is 7.92. The number of sulfonamides is 1. The van der Waals surface area contributed by atoms with E-state index in [0.29, 0.717) is 5.69 Å². The van der Waals surface area contributed by atoms with Crippen molar-refractivity contribution in [2.24, 2.45) is 0 Å². The molecule has 1 aliphatic rings. The maximum absolute atomic E-state index is 12.9. The van der Waals surface area contributed by atoms with Gasteiger partial charge in [0.1, 0.15) is 6.04 Å². The van der Waals surface area contributed by atoms with E-state index in [1.54, 1.807) is 30.3 Å². The van der Waals surface area contributed by atoms with Crippen LogP contribution in [0.2, 0.25) is 0 Å². The second kappa shape index (κ2) is 5.42. The van der Waals surface area contributed by atoms with Crippen molar-refractivity contribution >= 4 is 21.7 Å². The summed E-state index contributed by atoms with van der Waals surface area (Å²) in [6, 6.07) is 10.8. The Morgan fingerprint density at radius 1 is 1.23 bits per heavy atom. The first-order chi connectivity index (χ1) is 10.6. The molecule has 2 aromatic rings. The number of rotatable bonds is 3. The third-order valence-electron chi connectivity index (χ3n) is 3.56. The van der Waals surface area contributed by atoms with Gasteiger partial charge in [0, 0.05) is 12.6 Å². The molecule has 1 aromatic carbocycles. The van der Waals surface area contributed by atoms with E-state index in [1.807, 2.05) is 6.07 Å². The van der Waals surface area contributed by atoms with Crippen LogP contribution >= 0.6 is 0 Å². The Labute approximate surface area is 128 Å². The summed E-state index contributed by atoms with van der Waals surface area (Å²) in [7, 11) is -2.69. The number of aromatic nitrogens is 1. The van der Waals surface area contributed by atoms with Crippen LogP contribution < -0.4 is 4.31 Å². The minimum absolute atomic E-state index is 0.0967. The predicted molar refractivity (Wildman–Crippen MR) is 79.9 cm³/mol. The van der Waals surface area contributed by atoms with Crippen molar-refractivity contribution in [2.75, 3.05) is 11.4 Å². The number of methoxy groups -OCH3 is 1. The SMILES string of the molecule is COC(=O)[C@@H]1Cc2ccccc2N1S(=O)(=O)c1ccccn1. The van der Waals surface area contributed by atoms with Crippen LogP contribution in [0.1, 0.15) is 5.56 Å². The first-order valence-electron chi connectivity index (χ1n) is 6.67. The molecule has 0 unspecified atom stereocenters. The number of para-hydroxylation sites is 1. The molecule has 1 aromatic heterocycles. The molecule has 0 amide bonds. The lowest BCUT2D eigenvalue weighted by Gasteiger charge is -2.24. The Morgan fingerprint density at radius 3 is 2.64 bits per heavy atom. The van der Waals surface area contributed by atoms with Crippen molar-refractivity contribution in [3.8, 4) is 0 Å². The molecule has 1 aliphatic heterocycles. The molecule has 0 bridgehead atoms. The number of benzene rings is 1. The maximum Gasteiger partial charge on any atom is 0.330 e. The van der Waals surface area contributed by atoms with Gasteiger partial charge >= 0.3 is 5.97 Å². The van der Waals surface area contributed by atoms with Crippen LogP contribution in [0.3, 0.4) is 0 Å². The molecule has 0 spiro atoms. The fourth-order valence-corrected chi connectivity index (χ4v) is 4.15. The van der Waals surface area contributed by atoms with Gasteiger partial charge < -0.3 is 4.74 Å².